The maximum Gasteiger partial charge on any atom is -0.0512 e. The third-order valence-electron chi connectivity index (χ3n) is 2.75. The van der Waals surface area contributed by atoms with Crippen molar-refractivity contribution in [2.75, 3.05) is 0 Å². The van der Waals surface area contributed by atoms with E-state index in [4.69, 9.17) is 0 Å². The molecule has 0 radical (unpaired) electrons. The van der Waals surface area contributed by atoms with Crippen LogP contribution in [0.2, 0.25) is 10.6 Å². The van der Waals surface area contributed by atoms with Crippen LogP contribution in [0, 0.1) is 11.8 Å². The molecule has 0 saturated heterocycles. The molecule has 2 fully saturated rings. The quantitative estimate of drug-likeness (QED) is 0.631. The van der Waals surface area contributed by atoms with Crippen molar-refractivity contribution < 1.29 is 5.11 Å². The van der Waals surface area contributed by atoms with Crippen LogP contribution in [0.1, 0.15) is 39.5 Å². The maximum absolute atomic E-state index is 11.1. The molecule has 2 aliphatic carbocycles. The van der Waals surface area contributed by atoms with Crippen LogP contribution in [0.4, 0.5) is 0 Å². The summed E-state index contributed by atoms with van der Waals surface area (Å²) in [5, 5.41) is 13.9. The van der Waals surface area contributed by atoms with Gasteiger partial charge in [0.1, 0.15) is 0 Å². The molecule has 0 atom stereocenters. The van der Waals surface area contributed by atoms with E-state index in [0.29, 0.717) is 11.8 Å². The fraction of sp³-hybridized carbons (Fsp3) is 1.00. The minimum Gasteiger partial charge on any atom is -0.852 e. The number of rotatable bonds is 4. The van der Waals surface area contributed by atoms with Gasteiger partial charge < -0.3 is 5.11 Å². The summed E-state index contributed by atoms with van der Waals surface area (Å²) in [5.41, 5.74) is 0. The molecule has 0 heterocycles. The van der Waals surface area contributed by atoms with E-state index in [-0.39, 0.29) is 6.10 Å². The Morgan fingerprint density at radius 1 is 1.08 bits per heavy atom. The topological polar surface area (TPSA) is 23.1 Å². The molecule has 2 aliphatic rings. The zero-order chi connectivity index (χ0) is 9.68. The van der Waals surface area contributed by atoms with E-state index in [1.807, 2.05) is 0 Å². The summed E-state index contributed by atoms with van der Waals surface area (Å²) in [7, 11) is 0. The second kappa shape index (κ2) is 6.07. The molecule has 74 valence electrons. The first-order valence-corrected chi connectivity index (χ1v) is 7.40. The van der Waals surface area contributed by atoms with Crippen LogP contribution in [0.15, 0.2) is 0 Å². The number of hydrogen-bond donors (Lipinski definition) is 0. The van der Waals surface area contributed by atoms with Crippen LogP contribution >= 0.6 is 0 Å². The van der Waals surface area contributed by atoms with Crippen LogP contribution in [0.25, 0.3) is 0 Å². The summed E-state index contributed by atoms with van der Waals surface area (Å²) in [6.07, 6.45) is 4.75. The van der Waals surface area contributed by atoms with Gasteiger partial charge in [0, 0.05) is 0 Å². The Hall–Kier alpha value is 0.492. The van der Waals surface area contributed by atoms with Crippen LogP contribution in [-0.2, 0) is 0 Å². The molecule has 0 N–H and O–H groups in total. The van der Waals surface area contributed by atoms with Crippen molar-refractivity contribution in [1.29, 1.82) is 0 Å². The SMILES string of the molecule is C[CH2][Al+][CH2]C.[O-]C(C1CC1)C1CC1. The molecule has 0 aromatic heterocycles. The molecule has 0 aromatic carbocycles. The van der Waals surface area contributed by atoms with Crippen molar-refractivity contribution in [3.8, 4) is 0 Å². The van der Waals surface area contributed by atoms with Gasteiger partial charge in [0.05, 0.1) is 0 Å². The molecule has 0 aromatic rings. The van der Waals surface area contributed by atoms with Gasteiger partial charge in [-0.05, 0) is 0 Å². The number of hydrogen-bond acceptors (Lipinski definition) is 1. The summed E-state index contributed by atoms with van der Waals surface area (Å²) in [5.74, 6) is 1.20. The van der Waals surface area contributed by atoms with E-state index in [9.17, 15) is 5.11 Å². The maximum atomic E-state index is 11.1. The molecule has 0 bridgehead atoms. The second-order valence-corrected chi connectivity index (χ2v) is 6.45. The van der Waals surface area contributed by atoms with Crippen LogP contribution < -0.4 is 5.11 Å². The van der Waals surface area contributed by atoms with E-state index in [2.05, 4.69) is 13.8 Å². The molecule has 0 amide bonds. The van der Waals surface area contributed by atoms with Crippen molar-refractivity contribution >= 4 is 15.2 Å². The predicted molar refractivity (Wildman–Crippen MR) is 56.0 cm³/mol. The van der Waals surface area contributed by atoms with Gasteiger partial charge in [-0.2, -0.15) is 0 Å². The van der Waals surface area contributed by atoms with Gasteiger partial charge in [-0.3, -0.25) is 0 Å². The molecular weight excluding hydrogens is 175 g/mol. The van der Waals surface area contributed by atoms with E-state index < -0.39 is 0 Å². The van der Waals surface area contributed by atoms with Gasteiger partial charge in [0.15, 0.2) is 0 Å². The van der Waals surface area contributed by atoms with E-state index in [1.165, 1.54) is 36.2 Å². The molecular formula is C11H21AlO. The van der Waals surface area contributed by atoms with Crippen molar-refractivity contribution in [3.63, 3.8) is 0 Å². The summed E-state index contributed by atoms with van der Waals surface area (Å²) in [4.78, 5) is 0. The normalized spacial score (nSPS) is 20.6. The van der Waals surface area contributed by atoms with Crippen LogP contribution in [0.5, 0.6) is 0 Å². The average molecular weight is 196 g/mol. The summed E-state index contributed by atoms with van der Waals surface area (Å²) in [6.45, 7) is 4.50. The Morgan fingerprint density at radius 2 is 1.46 bits per heavy atom. The molecule has 2 heteroatoms. The monoisotopic (exact) mass is 196 g/mol. The Bertz CT molecular complexity index is 116. The van der Waals surface area contributed by atoms with Gasteiger partial charge in [0.25, 0.3) is 0 Å². The molecule has 0 aliphatic heterocycles. The zero-order valence-corrected chi connectivity index (χ0v) is 10.1. The summed E-state index contributed by atoms with van der Waals surface area (Å²) < 4.78 is 0. The average Bonchev–Trinajstić information content (AvgIpc) is 3.00. The summed E-state index contributed by atoms with van der Waals surface area (Å²) >= 11 is 0.815. The zero-order valence-electron chi connectivity index (χ0n) is 8.96. The Kier molecular flexibility index (Phi) is 5.40. The van der Waals surface area contributed by atoms with Crippen LogP contribution in [-0.4, -0.2) is 21.3 Å². The first-order valence-electron chi connectivity index (χ1n) is 5.77. The Labute approximate surface area is 88.6 Å². The Balaban J connectivity index is 0.000000149. The fourth-order valence-corrected chi connectivity index (χ4v) is 2.10. The predicted octanol–water partition coefficient (Wildman–Crippen LogP) is 2.10. The van der Waals surface area contributed by atoms with Gasteiger partial charge in [-0.1, -0.05) is 37.5 Å². The van der Waals surface area contributed by atoms with Crippen molar-refractivity contribution in [2.24, 2.45) is 11.8 Å². The fourth-order valence-electron chi connectivity index (χ4n) is 1.52. The van der Waals surface area contributed by atoms with Gasteiger partial charge in [-0.15, -0.1) is 6.10 Å². The van der Waals surface area contributed by atoms with Crippen LogP contribution in [0.3, 0.4) is 0 Å². The smallest absolute Gasteiger partial charge is 0.0512 e. The second-order valence-electron chi connectivity index (χ2n) is 4.24. The largest absolute Gasteiger partial charge is 0.852 e. The van der Waals surface area contributed by atoms with Crippen molar-refractivity contribution in [3.05, 3.63) is 0 Å². The van der Waals surface area contributed by atoms with E-state index in [1.54, 1.807) is 0 Å². The van der Waals surface area contributed by atoms with E-state index in [0.717, 1.165) is 15.2 Å². The molecule has 0 spiro atoms. The Morgan fingerprint density at radius 3 is 1.62 bits per heavy atom. The minimum atomic E-state index is -0.157. The molecule has 13 heavy (non-hydrogen) atoms. The molecule has 2 saturated carbocycles. The molecule has 2 rings (SSSR count). The molecule has 1 nitrogen and oxygen atoms in total. The van der Waals surface area contributed by atoms with Gasteiger partial charge in [-0.25, -0.2) is 0 Å². The third kappa shape index (κ3) is 5.06. The summed E-state index contributed by atoms with van der Waals surface area (Å²) in [6, 6.07) is 0. The van der Waals surface area contributed by atoms with Gasteiger partial charge >= 0.3 is 39.6 Å². The third-order valence-corrected chi connectivity index (χ3v) is 3.91. The van der Waals surface area contributed by atoms with Crippen molar-refractivity contribution in [2.45, 2.75) is 56.2 Å². The van der Waals surface area contributed by atoms with Crippen molar-refractivity contribution in [1.82, 2.24) is 0 Å². The van der Waals surface area contributed by atoms with E-state index >= 15 is 0 Å². The first kappa shape index (κ1) is 11.6. The minimum absolute atomic E-state index is 0.157. The first-order chi connectivity index (χ1) is 6.29. The molecule has 0 unspecified atom stereocenters. The van der Waals surface area contributed by atoms with Gasteiger partial charge in [0.2, 0.25) is 0 Å². The standard InChI is InChI=1S/C7H11O.2C2H5.Al/c8-7(5-1-2-5)6-3-4-6;2*1-2;/h5-7H,1-4H2;2*1H2,2H3;/q-1;;;+1.